The maximum absolute atomic E-state index is 10.8. The molecule has 0 aliphatic carbocycles. The molecule has 0 bridgehead atoms. The van der Waals surface area contributed by atoms with Crippen LogP contribution in [0, 0.1) is 0 Å². The summed E-state index contributed by atoms with van der Waals surface area (Å²) in [7, 11) is -3.72. The third-order valence-electron chi connectivity index (χ3n) is 2.30. The van der Waals surface area contributed by atoms with E-state index in [2.05, 4.69) is 6.92 Å². The van der Waals surface area contributed by atoms with Crippen LogP contribution in [0.4, 0.5) is 0 Å². The second-order valence-corrected chi connectivity index (χ2v) is 12.5. The summed E-state index contributed by atoms with van der Waals surface area (Å²) >= 11 is 0.0814. The molecular weight excluding hydrogens is 290 g/mol. The minimum atomic E-state index is -3.72. The van der Waals surface area contributed by atoms with Crippen molar-refractivity contribution in [2.24, 2.45) is 0 Å². The van der Waals surface area contributed by atoms with Crippen LogP contribution in [0.1, 0.15) is 45.4 Å². The van der Waals surface area contributed by atoms with Crippen LogP contribution in [0.3, 0.4) is 0 Å². The van der Waals surface area contributed by atoms with E-state index in [1.165, 1.54) is 19.3 Å². The Labute approximate surface area is 95.0 Å². The molecule has 0 spiro atoms. The van der Waals surface area contributed by atoms with Gasteiger partial charge in [0.15, 0.2) is 0 Å². The molecule has 0 aromatic heterocycles. The van der Waals surface area contributed by atoms with Crippen LogP contribution in [0.25, 0.3) is 0 Å². The molecule has 0 heterocycles. The summed E-state index contributed by atoms with van der Waals surface area (Å²) < 4.78 is 10.5. The van der Waals surface area contributed by atoms with Crippen molar-refractivity contribution in [3.05, 3.63) is 0 Å². The molecule has 0 saturated carbocycles. The number of unbranched alkanes of at least 4 members (excludes halogenated alkanes) is 4. The van der Waals surface area contributed by atoms with E-state index in [4.69, 9.17) is 9.79 Å². The molecule has 0 amide bonds. The maximum atomic E-state index is 10.8. The summed E-state index contributed by atoms with van der Waals surface area (Å²) in [5.41, 5.74) is 0. The fraction of sp³-hybridized carbons (Fsp3) is 1.00. The predicted molar refractivity (Wildman–Crippen MR) is 57.8 cm³/mol. The average Bonchev–Trinajstić information content (AvgIpc) is 2.02. The topological polar surface area (TPSA) is 57.5 Å². The Hall–Kier alpha value is 1.02. The van der Waals surface area contributed by atoms with Crippen molar-refractivity contribution in [1.29, 1.82) is 0 Å². The summed E-state index contributed by atoms with van der Waals surface area (Å²) in [6.07, 6.45) is 6.53. The van der Waals surface area contributed by atoms with Gasteiger partial charge >= 0.3 is 95.2 Å². The molecule has 0 rings (SSSR count). The van der Waals surface area contributed by atoms with Crippen LogP contribution < -0.4 is 0 Å². The Bertz CT molecular complexity index is 169. The Morgan fingerprint density at radius 3 is 2.23 bits per heavy atom. The first-order valence-electron chi connectivity index (χ1n) is 5.03. The van der Waals surface area contributed by atoms with Crippen LogP contribution in [0.2, 0.25) is 0 Å². The zero-order chi connectivity index (χ0) is 10.3. The Balaban J connectivity index is 3.38. The molecule has 0 radical (unpaired) electrons. The Morgan fingerprint density at radius 2 is 1.77 bits per heavy atom. The van der Waals surface area contributed by atoms with E-state index in [0.717, 1.165) is 19.3 Å². The monoisotopic (exact) mass is 310 g/mol. The van der Waals surface area contributed by atoms with E-state index in [1.807, 2.05) is 0 Å². The van der Waals surface area contributed by atoms with Gasteiger partial charge in [0.1, 0.15) is 0 Å². The fourth-order valence-corrected chi connectivity index (χ4v) is 2.90. The van der Waals surface area contributed by atoms with E-state index in [9.17, 15) is 4.57 Å². The molecule has 0 fully saturated rings. The number of hydrogen-bond acceptors (Lipinski definition) is 1. The first-order chi connectivity index (χ1) is 5.98. The molecule has 0 aromatic rings. The molecule has 5 heteroatoms. The zero-order valence-corrected chi connectivity index (χ0v) is 15.2. The molecule has 0 aliphatic heterocycles. The first-order valence-corrected chi connectivity index (χ1v) is 10.0. The molecule has 0 aromatic carbocycles. The van der Waals surface area contributed by atoms with E-state index >= 15 is 0 Å². The van der Waals surface area contributed by atoms with Gasteiger partial charge in [-0.05, 0) is 0 Å². The number of rotatable bonds is 7. The van der Waals surface area contributed by atoms with Gasteiger partial charge in [-0.15, -0.1) is 0 Å². The van der Waals surface area contributed by atoms with Crippen LogP contribution in [0.15, 0.2) is 0 Å². The summed E-state index contributed by atoms with van der Waals surface area (Å²) in [6.45, 7) is 2.16. The number of hydrogen-bond donors (Lipinski definition) is 2. The van der Waals surface area contributed by atoms with Gasteiger partial charge in [-0.25, -0.2) is 0 Å². The molecule has 3 nitrogen and oxygen atoms in total. The SMILES string of the molecule is CCCCCCC[CH]([InH2])P(=O)(O)O. The van der Waals surface area contributed by atoms with E-state index in [-0.39, 0.29) is 27.8 Å². The third-order valence-corrected chi connectivity index (χ3v) is 11.1. The molecule has 1 atom stereocenters. The van der Waals surface area contributed by atoms with Gasteiger partial charge in [0.2, 0.25) is 0 Å². The van der Waals surface area contributed by atoms with Crippen LogP contribution >= 0.6 is 7.60 Å². The van der Waals surface area contributed by atoms with Gasteiger partial charge in [0.05, 0.1) is 0 Å². The van der Waals surface area contributed by atoms with Gasteiger partial charge in [-0.2, -0.15) is 0 Å². The normalized spacial score (nSPS) is 14.4. The molecule has 2 N–H and O–H groups in total. The second kappa shape index (κ2) is 7.33. The summed E-state index contributed by atoms with van der Waals surface area (Å²) in [5.74, 6) is 0. The Morgan fingerprint density at radius 1 is 1.23 bits per heavy atom. The minimum absolute atomic E-state index is 0.0814. The molecular formula is C8H20InO3P. The van der Waals surface area contributed by atoms with Gasteiger partial charge in [-0.3, -0.25) is 0 Å². The fourth-order valence-electron chi connectivity index (χ4n) is 1.21. The van der Waals surface area contributed by atoms with Crippen LogP contribution in [0.5, 0.6) is 0 Å². The molecule has 13 heavy (non-hydrogen) atoms. The van der Waals surface area contributed by atoms with Crippen molar-refractivity contribution in [3.8, 4) is 0 Å². The molecule has 0 saturated heterocycles. The molecule has 78 valence electrons. The van der Waals surface area contributed by atoms with Crippen molar-refractivity contribution in [1.82, 2.24) is 0 Å². The zero-order valence-electron chi connectivity index (χ0n) is 8.57. The van der Waals surface area contributed by atoms with Gasteiger partial charge < -0.3 is 0 Å². The molecule has 0 aliphatic rings. The Kier molecular flexibility index (Phi) is 7.91. The summed E-state index contributed by atoms with van der Waals surface area (Å²) in [6, 6.07) is 0. The average molecular weight is 310 g/mol. The van der Waals surface area contributed by atoms with Crippen LogP contribution in [-0.2, 0) is 4.57 Å². The predicted octanol–water partition coefficient (Wildman–Crippen LogP) is 1.48. The van der Waals surface area contributed by atoms with Crippen molar-refractivity contribution in [2.75, 3.05) is 0 Å². The standard InChI is InChI=1S/C8H18O3P.In.2H/c1-2-3-4-5-6-7-8-12(9,10)11;;;/h8H,2-7H2,1H3,(H2,9,10,11);;;. The first kappa shape index (κ1) is 14.0. The van der Waals surface area contributed by atoms with Crippen molar-refractivity contribution >= 4 is 32.0 Å². The van der Waals surface area contributed by atoms with Crippen molar-refractivity contribution in [3.63, 3.8) is 0 Å². The quantitative estimate of drug-likeness (QED) is 0.553. The van der Waals surface area contributed by atoms with Crippen molar-refractivity contribution < 1.29 is 14.4 Å². The van der Waals surface area contributed by atoms with E-state index in [1.54, 1.807) is 0 Å². The third kappa shape index (κ3) is 8.04. The van der Waals surface area contributed by atoms with Gasteiger partial charge in [0, 0.05) is 0 Å². The van der Waals surface area contributed by atoms with Crippen LogP contribution in [-0.4, -0.2) is 37.6 Å². The van der Waals surface area contributed by atoms with Crippen molar-refractivity contribution in [2.45, 2.75) is 48.9 Å². The van der Waals surface area contributed by atoms with Gasteiger partial charge in [0.25, 0.3) is 0 Å². The van der Waals surface area contributed by atoms with E-state index in [0.29, 0.717) is 0 Å². The summed E-state index contributed by atoms with van der Waals surface area (Å²) in [5, 5.41) is 0. The second-order valence-electron chi connectivity index (χ2n) is 3.64. The summed E-state index contributed by atoms with van der Waals surface area (Å²) in [4.78, 5) is 17.7. The van der Waals surface area contributed by atoms with Gasteiger partial charge in [-0.1, -0.05) is 0 Å². The molecule has 1 unspecified atom stereocenters. The van der Waals surface area contributed by atoms with E-state index < -0.39 is 7.60 Å².